The maximum Gasteiger partial charge on any atom is 0.157 e. The third kappa shape index (κ3) is 1.09. The highest BCUT2D eigenvalue weighted by atomic mass is 16.1. The van der Waals surface area contributed by atoms with Crippen LogP contribution < -0.4 is 5.32 Å². The van der Waals surface area contributed by atoms with Crippen LogP contribution in [0.1, 0.15) is 5.69 Å². The van der Waals surface area contributed by atoms with Gasteiger partial charge in [0.05, 0.1) is 24.3 Å². The summed E-state index contributed by atoms with van der Waals surface area (Å²) in [5, 5.41) is 3.00. The summed E-state index contributed by atoms with van der Waals surface area (Å²) in [4.78, 5) is 15.0. The Balaban J connectivity index is 2.41. The fourth-order valence-corrected chi connectivity index (χ4v) is 1.18. The number of hydrogen-bond donors (Lipinski definition) is 1. The van der Waals surface area contributed by atoms with Crippen molar-refractivity contribution in [2.75, 3.05) is 11.9 Å². The number of rotatable bonds is 0. The average molecular weight is 148 g/mol. The molecule has 1 aromatic heterocycles. The largest absolute Gasteiger partial charge is 0.376 e. The van der Waals surface area contributed by atoms with Gasteiger partial charge >= 0.3 is 0 Å². The lowest BCUT2D eigenvalue weighted by Crippen LogP contribution is -2.23. The molecular weight excluding hydrogens is 140 g/mol. The van der Waals surface area contributed by atoms with E-state index < -0.39 is 0 Å². The number of pyridine rings is 1. The Kier molecular flexibility index (Phi) is 1.35. The van der Waals surface area contributed by atoms with Crippen LogP contribution in [-0.2, 0) is 11.2 Å². The van der Waals surface area contributed by atoms with E-state index >= 15 is 0 Å². The van der Waals surface area contributed by atoms with Crippen molar-refractivity contribution in [2.45, 2.75) is 6.42 Å². The van der Waals surface area contributed by atoms with Gasteiger partial charge in [0.2, 0.25) is 0 Å². The zero-order chi connectivity index (χ0) is 7.68. The van der Waals surface area contributed by atoms with E-state index in [4.69, 9.17) is 0 Å². The third-order valence-corrected chi connectivity index (χ3v) is 1.73. The van der Waals surface area contributed by atoms with E-state index in [1.807, 2.05) is 12.1 Å². The van der Waals surface area contributed by atoms with E-state index in [2.05, 4.69) is 10.3 Å². The Morgan fingerprint density at radius 3 is 3.36 bits per heavy atom. The molecule has 0 spiro atoms. The molecule has 0 aliphatic carbocycles. The van der Waals surface area contributed by atoms with Gasteiger partial charge in [-0.05, 0) is 12.1 Å². The van der Waals surface area contributed by atoms with Crippen LogP contribution in [0.3, 0.4) is 0 Å². The minimum Gasteiger partial charge on any atom is -0.376 e. The molecule has 0 fully saturated rings. The minimum absolute atomic E-state index is 0.205. The van der Waals surface area contributed by atoms with Gasteiger partial charge in [0.1, 0.15) is 0 Å². The molecule has 0 atom stereocenters. The summed E-state index contributed by atoms with van der Waals surface area (Å²) in [5.41, 5.74) is 1.86. The summed E-state index contributed by atoms with van der Waals surface area (Å²) >= 11 is 0. The summed E-state index contributed by atoms with van der Waals surface area (Å²) in [6, 6.07) is 3.80. The lowest BCUT2D eigenvalue weighted by atomic mass is 10.1. The zero-order valence-corrected chi connectivity index (χ0v) is 6.00. The van der Waals surface area contributed by atoms with Gasteiger partial charge in [-0.2, -0.15) is 0 Å². The Morgan fingerprint density at radius 1 is 1.55 bits per heavy atom. The maximum absolute atomic E-state index is 10.9. The fourth-order valence-electron chi connectivity index (χ4n) is 1.18. The van der Waals surface area contributed by atoms with Crippen molar-refractivity contribution >= 4 is 11.5 Å². The van der Waals surface area contributed by atoms with Gasteiger partial charge in [0.15, 0.2) is 5.78 Å². The van der Waals surface area contributed by atoms with E-state index in [9.17, 15) is 4.79 Å². The van der Waals surface area contributed by atoms with E-state index in [0.717, 1.165) is 11.4 Å². The predicted molar refractivity (Wildman–Crippen MR) is 41.4 cm³/mol. The molecule has 11 heavy (non-hydrogen) atoms. The van der Waals surface area contributed by atoms with Crippen molar-refractivity contribution in [3.63, 3.8) is 0 Å². The Morgan fingerprint density at radius 2 is 2.45 bits per heavy atom. The van der Waals surface area contributed by atoms with Crippen molar-refractivity contribution in [3.8, 4) is 0 Å². The second kappa shape index (κ2) is 2.34. The van der Waals surface area contributed by atoms with E-state index in [-0.39, 0.29) is 5.78 Å². The van der Waals surface area contributed by atoms with Crippen molar-refractivity contribution in [1.82, 2.24) is 4.98 Å². The molecule has 0 saturated heterocycles. The number of carbonyl (C=O) groups is 1. The molecule has 0 unspecified atom stereocenters. The van der Waals surface area contributed by atoms with Crippen molar-refractivity contribution in [1.29, 1.82) is 0 Å². The SMILES string of the molecule is O=C1CNc2cccnc2C1. The minimum atomic E-state index is 0.205. The fraction of sp³-hybridized carbons (Fsp3) is 0.250. The van der Waals surface area contributed by atoms with Crippen molar-refractivity contribution in [3.05, 3.63) is 24.0 Å². The Hall–Kier alpha value is -1.38. The number of Topliss-reactive ketones (excluding diaryl/α,β-unsaturated/α-hetero) is 1. The highest BCUT2D eigenvalue weighted by Gasteiger charge is 2.14. The summed E-state index contributed by atoms with van der Waals surface area (Å²) < 4.78 is 0. The van der Waals surface area contributed by atoms with Gasteiger partial charge in [-0.25, -0.2) is 0 Å². The highest BCUT2D eigenvalue weighted by Crippen LogP contribution is 2.16. The molecular formula is C8H8N2O. The van der Waals surface area contributed by atoms with E-state index in [1.54, 1.807) is 6.20 Å². The number of hydrogen-bond acceptors (Lipinski definition) is 3. The number of nitrogens with one attached hydrogen (secondary N) is 1. The first-order chi connectivity index (χ1) is 5.36. The van der Waals surface area contributed by atoms with Crippen molar-refractivity contribution < 1.29 is 4.79 Å². The molecule has 0 bridgehead atoms. The number of anilines is 1. The van der Waals surface area contributed by atoms with Crippen LogP contribution in [0.15, 0.2) is 18.3 Å². The monoisotopic (exact) mass is 148 g/mol. The quantitative estimate of drug-likeness (QED) is 0.586. The molecule has 1 aromatic rings. The van der Waals surface area contributed by atoms with Crippen LogP contribution in [0.5, 0.6) is 0 Å². The molecule has 0 amide bonds. The molecule has 1 aliphatic heterocycles. The standard InChI is InChI=1S/C8H8N2O/c11-6-4-8-7(10-5-6)2-1-3-9-8/h1-3,10H,4-5H2. The molecule has 56 valence electrons. The average Bonchev–Trinajstić information content (AvgIpc) is 2.04. The first-order valence-corrected chi connectivity index (χ1v) is 3.56. The van der Waals surface area contributed by atoms with Crippen LogP contribution in [0.4, 0.5) is 5.69 Å². The number of nitrogens with zero attached hydrogens (tertiary/aromatic N) is 1. The molecule has 3 nitrogen and oxygen atoms in total. The van der Waals surface area contributed by atoms with Gasteiger partial charge in [0.25, 0.3) is 0 Å². The maximum atomic E-state index is 10.9. The van der Waals surface area contributed by atoms with Crippen LogP contribution in [0, 0.1) is 0 Å². The van der Waals surface area contributed by atoms with E-state index in [1.165, 1.54) is 0 Å². The lowest BCUT2D eigenvalue weighted by molar-refractivity contribution is -0.117. The van der Waals surface area contributed by atoms with Gasteiger partial charge in [0, 0.05) is 6.20 Å². The van der Waals surface area contributed by atoms with Crippen LogP contribution >= 0.6 is 0 Å². The van der Waals surface area contributed by atoms with Crippen LogP contribution in [-0.4, -0.2) is 17.3 Å². The summed E-state index contributed by atoms with van der Waals surface area (Å²) in [7, 11) is 0. The third-order valence-electron chi connectivity index (χ3n) is 1.73. The molecule has 0 saturated carbocycles. The van der Waals surface area contributed by atoms with Gasteiger partial charge in [-0.3, -0.25) is 9.78 Å². The Bertz CT molecular complexity index is 296. The molecule has 0 radical (unpaired) electrons. The Labute approximate surface area is 64.5 Å². The predicted octanol–water partition coefficient (Wildman–Crippen LogP) is 0.619. The molecule has 2 heterocycles. The molecule has 3 heteroatoms. The number of carbonyl (C=O) groups excluding carboxylic acids is 1. The summed E-state index contributed by atoms with van der Waals surface area (Å²) in [5.74, 6) is 0.205. The van der Waals surface area contributed by atoms with Gasteiger partial charge in [-0.1, -0.05) is 0 Å². The highest BCUT2D eigenvalue weighted by molar-refractivity contribution is 5.88. The number of aromatic nitrogens is 1. The summed E-state index contributed by atoms with van der Waals surface area (Å²) in [6.45, 7) is 0.443. The van der Waals surface area contributed by atoms with Crippen LogP contribution in [0.2, 0.25) is 0 Å². The molecule has 0 aromatic carbocycles. The first kappa shape index (κ1) is 6.34. The molecule has 1 aliphatic rings. The number of ketones is 1. The summed E-state index contributed by atoms with van der Waals surface area (Å²) in [6.07, 6.45) is 2.18. The zero-order valence-electron chi connectivity index (χ0n) is 6.00. The molecule has 2 rings (SSSR count). The normalized spacial score (nSPS) is 15.5. The lowest BCUT2D eigenvalue weighted by Gasteiger charge is -2.14. The van der Waals surface area contributed by atoms with Crippen molar-refractivity contribution in [2.24, 2.45) is 0 Å². The van der Waals surface area contributed by atoms with Gasteiger partial charge in [-0.15, -0.1) is 0 Å². The second-order valence-corrected chi connectivity index (χ2v) is 2.57. The second-order valence-electron chi connectivity index (χ2n) is 2.57. The smallest absolute Gasteiger partial charge is 0.157 e. The topological polar surface area (TPSA) is 42.0 Å². The van der Waals surface area contributed by atoms with E-state index in [0.29, 0.717) is 13.0 Å². The first-order valence-electron chi connectivity index (χ1n) is 3.56. The molecule has 1 N–H and O–H groups in total. The van der Waals surface area contributed by atoms with Gasteiger partial charge < -0.3 is 5.32 Å². The van der Waals surface area contributed by atoms with Crippen LogP contribution in [0.25, 0.3) is 0 Å². The number of fused-ring (bicyclic) bond motifs is 1.